The van der Waals surface area contributed by atoms with Gasteiger partial charge in [0.05, 0.1) is 5.41 Å². The lowest BCUT2D eigenvalue weighted by molar-refractivity contribution is -0.139. The van der Waals surface area contributed by atoms with Crippen molar-refractivity contribution < 1.29 is 14.3 Å². The van der Waals surface area contributed by atoms with Gasteiger partial charge >= 0.3 is 0 Å². The lowest BCUT2D eigenvalue weighted by Crippen LogP contribution is -2.56. The van der Waals surface area contributed by atoms with Crippen LogP contribution in [0.3, 0.4) is 0 Å². The molecular weight excluding hydrogens is 414 g/mol. The fourth-order valence-corrected chi connectivity index (χ4v) is 5.06. The average Bonchev–Trinajstić information content (AvgIpc) is 2.81. The summed E-state index contributed by atoms with van der Waals surface area (Å²) in [5.41, 5.74) is 2.20. The van der Waals surface area contributed by atoms with Gasteiger partial charge in [0.1, 0.15) is 6.04 Å². The zero-order valence-electron chi connectivity index (χ0n) is 20.8. The first-order valence-electron chi connectivity index (χ1n) is 12.9. The monoisotopic (exact) mass is 457 g/mol. The second kappa shape index (κ2) is 12.5. The fraction of sp³-hybridized carbons (Fsp3) is 0.704. The van der Waals surface area contributed by atoms with Gasteiger partial charge in [-0.05, 0) is 63.6 Å². The van der Waals surface area contributed by atoms with E-state index < -0.39 is 11.5 Å². The number of benzene rings is 1. The summed E-state index contributed by atoms with van der Waals surface area (Å²) in [6.07, 6.45) is 6.12. The second-order valence-electron chi connectivity index (χ2n) is 10.1. The van der Waals surface area contributed by atoms with E-state index in [0.29, 0.717) is 13.2 Å². The summed E-state index contributed by atoms with van der Waals surface area (Å²) in [6, 6.07) is 8.19. The largest absolute Gasteiger partial charge is 0.381 e. The molecule has 0 aliphatic carbocycles. The maximum Gasteiger partial charge on any atom is 0.242 e. The van der Waals surface area contributed by atoms with Crippen LogP contribution in [0.2, 0.25) is 0 Å². The first-order valence-corrected chi connectivity index (χ1v) is 12.9. The van der Waals surface area contributed by atoms with Crippen LogP contribution in [0, 0.1) is 18.3 Å². The number of hydrogen-bond donors (Lipinski definition) is 2. The van der Waals surface area contributed by atoms with Gasteiger partial charge in [0.2, 0.25) is 11.8 Å². The van der Waals surface area contributed by atoms with Gasteiger partial charge < -0.3 is 15.4 Å². The Labute approximate surface area is 199 Å². The van der Waals surface area contributed by atoms with Crippen molar-refractivity contribution >= 4 is 11.8 Å². The molecule has 2 amide bonds. The first kappa shape index (κ1) is 25.7. The lowest BCUT2D eigenvalue weighted by Gasteiger charge is -2.42. The molecule has 1 aromatic rings. The highest BCUT2D eigenvalue weighted by Gasteiger charge is 2.42. The Kier molecular flexibility index (Phi) is 9.75. The maximum atomic E-state index is 13.7. The molecule has 2 saturated heterocycles. The zero-order chi connectivity index (χ0) is 23.7. The summed E-state index contributed by atoms with van der Waals surface area (Å²) in [5.74, 6) is 0.0921. The molecule has 2 heterocycles. The molecule has 0 bridgehead atoms. The van der Waals surface area contributed by atoms with Crippen molar-refractivity contribution in [2.75, 3.05) is 32.8 Å². The Balaban J connectivity index is 1.71. The number of carbonyl (C=O) groups excluding carboxylic acids is 2. The molecule has 6 nitrogen and oxygen atoms in total. The van der Waals surface area contributed by atoms with Crippen molar-refractivity contribution in [1.82, 2.24) is 15.5 Å². The SMILES string of the molecule is CC[C@H](C)[C@@H]1NC(=O)C2(CCCCOCCCNC1=O)CCN(Cc1cccc(C)c1)CC2. The summed E-state index contributed by atoms with van der Waals surface area (Å²) in [4.78, 5) is 29.1. The highest BCUT2D eigenvalue weighted by Crippen LogP contribution is 2.38. The molecule has 3 rings (SSSR count). The fourth-order valence-electron chi connectivity index (χ4n) is 5.06. The number of amides is 2. The predicted octanol–water partition coefficient (Wildman–Crippen LogP) is 3.81. The van der Waals surface area contributed by atoms with Gasteiger partial charge in [0.15, 0.2) is 0 Å². The molecule has 2 atom stereocenters. The Bertz CT molecular complexity index is 774. The van der Waals surface area contributed by atoms with E-state index in [0.717, 1.165) is 71.2 Å². The number of likely N-dealkylation sites (tertiary alicyclic amines) is 1. The summed E-state index contributed by atoms with van der Waals surface area (Å²) in [7, 11) is 0. The number of piperidine rings is 1. The van der Waals surface area contributed by atoms with Gasteiger partial charge in [0.25, 0.3) is 0 Å². The number of rotatable bonds is 4. The minimum Gasteiger partial charge on any atom is -0.381 e. The number of nitrogens with zero attached hydrogens (tertiary/aromatic N) is 1. The summed E-state index contributed by atoms with van der Waals surface area (Å²) < 4.78 is 5.74. The van der Waals surface area contributed by atoms with Crippen molar-refractivity contribution in [3.05, 3.63) is 35.4 Å². The molecular formula is C27H43N3O3. The van der Waals surface area contributed by atoms with Crippen molar-refractivity contribution in [1.29, 1.82) is 0 Å². The van der Waals surface area contributed by atoms with Crippen LogP contribution in [0.5, 0.6) is 0 Å². The topological polar surface area (TPSA) is 70.7 Å². The van der Waals surface area contributed by atoms with Crippen LogP contribution >= 0.6 is 0 Å². The average molecular weight is 458 g/mol. The molecule has 0 saturated carbocycles. The van der Waals surface area contributed by atoms with Gasteiger partial charge in [-0.15, -0.1) is 0 Å². The number of hydrogen-bond acceptors (Lipinski definition) is 4. The van der Waals surface area contributed by atoms with Crippen LogP contribution in [0.15, 0.2) is 24.3 Å². The Morgan fingerprint density at radius 1 is 1.12 bits per heavy atom. The van der Waals surface area contributed by atoms with Crippen LogP contribution in [0.25, 0.3) is 0 Å². The molecule has 1 aromatic carbocycles. The van der Waals surface area contributed by atoms with E-state index in [9.17, 15) is 9.59 Å². The first-order chi connectivity index (χ1) is 15.9. The third kappa shape index (κ3) is 7.28. The van der Waals surface area contributed by atoms with Gasteiger partial charge in [-0.1, -0.05) is 56.5 Å². The van der Waals surface area contributed by atoms with E-state index in [4.69, 9.17) is 4.74 Å². The third-order valence-corrected chi connectivity index (χ3v) is 7.52. The van der Waals surface area contributed by atoms with E-state index in [1.54, 1.807) is 0 Å². The Hall–Kier alpha value is -1.92. The van der Waals surface area contributed by atoms with Crippen LogP contribution in [-0.2, 0) is 20.9 Å². The Morgan fingerprint density at radius 2 is 1.88 bits per heavy atom. The van der Waals surface area contributed by atoms with Crippen LogP contribution < -0.4 is 10.6 Å². The highest BCUT2D eigenvalue weighted by atomic mass is 16.5. The van der Waals surface area contributed by atoms with Gasteiger partial charge in [0, 0.05) is 26.3 Å². The third-order valence-electron chi connectivity index (χ3n) is 7.52. The zero-order valence-corrected chi connectivity index (χ0v) is 20.8. The predicted molar refractivity (Wildman–Crippen MR) is 132 cm³/mol. The van der Waals surface area contributed by atoms with Crippen molar-refractivity contribution in [2.45, 2.75) is 78.3 Å². The molecule has 33 heavy (non-hydrogen) atoms. The van der Waals surface area contributed by atoms with Crippen molar-refractivity contribution in [3.63, 3.8) is 0 Å². The molecule has 0 unspecified atom stereocenters. The summed E-state index contributed by atoms with van der Waals surface area (Å²) in [6.45, 7) is 10.9. The standard InChI is InChI=1S/C27H43N3O3/c1-4-22(3)24-25(31)28-14-8-18-33-17-6-5-11-27(26(32)29-24)12-15-30(16-13-27)20-23-10-7-9-21(2)19-23/h7,9-10,19,22,24H,4-6,8,11-18,20H2,1-3H3,(H,28,31)(H,29,32)/t22-,24-/m0/s1. The van der Waals surface area contributed by atoms with Gasteiger partial charge in [-0.25, -0.2) is 0 Å². The minimum absolute atomic E-state index is 0.0659. The van der Waals surface area contributed by atoms with E-state index in [2.05, 4.69) is 53.6 Å². The van der Waals surface area contributed by atoms with Gasteiger partial charge in [-0.3, -0.25) is 14.5 Å². The number of carbonyl (C=O) groups is 2. The Morgan fingerprint density at radius 3 is 2.61 bits per heavy atom. The highest BCUT2D eigenvalue weighted by molar-refractivity contribution is 5.90. The number of aryl methyl sites for hydroxylation is 1. The van der Waals surface area contributed by atoms with E-state index in [-0.39, 0.29) is 17.7 Å². The molecule has 2 aliphatic heterocycles. The molecule has 2 fully saturated rings. The molecule has 0 aromatic heterocycles. The van der Waals surface area contributed by atoms with Crippen LogP contribution in [0.4, 0.5) is 0 Å². The van der Waals surface area contributed by atoms with Crippen LogP contribution in [0.1, 0.15) is 69.9 Å². The molecule has 2 N–H and O–H groups in total. The van der Waals surface area contributed by atoms with E-state index in [1.807, 2.05) is 6.92 Å². The summed E-state index contributed by atoms with van der Waals surface area (Å²) >= 11 is 0. The molecule has 184 valence electrons. The van der Waals surface area contributed by atoms with Crippen LogP contribution in [-0.4, -0.2) is 55.6 Å². The normalized spacial score (nSPS) is 24.5. The smallest absolute Gasteiger partial charge is 0.242 e. The molecule has 6 heteroatoms. The quantitative estimate of drug-likeness (QED) is 0.721. The molecule has 0 radical (unpaired) electrons. The lowest BCUT2D eigenvalue weighted by atomic mass is 9.73. The van der Waals surface area contributed by atoms with Gasteiger partial charge in [-0.2, -0.15) is 0 Å². The molecule has 1 spiro atoms. The molecule has 2 aliphatic rings. The second-order valence-corrected chi connectivity index (χ2v) is 10.1. The van der Waals surface area contributed by atoms with Crippen molar-refractivity contribution in [2.24, 2.45) is 11.3 Å². The summed E-state index contributed by atoms with van der Waals surface area (Å²) in [5, 5.41) is 6.21. The maximum absolute atomic E-state index is 13.7. The number of nitrogens with one attached hydrogen (secondary N) is 2. The van der Waals surface area contributed by atoms with Crippen molar-refractivity contribution in [3.8, 4) is 0 Å². The minimum atomic E-state index is -0.478. The van der Waals surface area contributed by atoms with E-state index >= 15 is 0 Å². The number of ether oxygens (including phenoxy) is 1. The van der Waals surface area contributed by atoms with E-state index in [1.165, 1.54) is 11.1 Å².